The molecule has 0 unspecified atom stereocenters. The van der Waals surface area contributed by atoms with Gasteiger partial charge in [0.1, 0.15) is 0 Å². The van der Waals surface area contributed by atoms with E-state index in [2.05, 4.69) is 11.7 Å². The summed E-state index contributed by atoms with van der Waals surface area (Å²) in [6, 6.07) is 0. The Hall–Kier alpha value is -0.0400. The van der Waals surface area contributed by atoms with Crippen LogP contribution in [0.5, 0.6) is 0 Å². The molecule has 1 spiro atoms. The minimum atomic E-state index is 0.681. The molecular formula is C7H12N. The molecule has 2 aliphatic rings. The van der Waals surface area contributed by atoms with Gasteiger partial charge in [-0.2, -0.15) is 0 Å². The molecule has 2 fully saturated rings. The lowest BCUT2D eigenvalue weighted by molar-refractivity contribution is 0.260. The first-order valence-electron chi connectivity index (χ1n) is 3.46. The quantitative estimate of drug-likeness (QED) is 0.490. The second-order valence-corrected chi connectivity index (χ2v) is 3.03. The van der Waals surface area contributed by atoms with Crippen LogP contribution in [0.15, 0.2) is 0 Å². The Bertz CT molecular complexity index is 86.6. The van der Waals surface area contributed by atoms with Crippen molar-refractivity contribution < 1.29 is 0 Å². The van der Waals surface area contributed by atoms with Crippen LogP contribution in [0.4, 0.5) is 0 Å². The summed E-state index contributed by atoms with van der Waals surface area (Å²) in [4.78, 5) is 0. The minimum absolute atomic E-state index is 0.681. The van der Waals surface area contributed by atoms with Crippen LogP contribution < -0.4 is 5.32 Å². The lowest BCUT2D eigenvalue weighted by Gasteiger charge is -2.36. The summed E-state index contributed by atoms with van der Waals surface area (Å²) < 4.78 is 0. The smallest absolute Gasteiger partial charge is 0.00111 e. The van der Waals surface area contributed by atoms with Gasteiger partial charge in [-0.1, -0.05) is 0 Å². The lowest BCUT2D eigenvalue weighted by Crippen LogP contribution is -2.31. The van der Waals surface area contributed by atoms with Crippen molar-refractivity contribution in [2.75, 3.05) is 13.1 Å². The van der Waals surface area contributed by atoms with Crippen LogP contribution in [0, 0.1) is 11.8 Å². The van der Waals surface area contributed by atoms with Crippen molar-refractivity contribution in [2.45, 2.75) is 19.3 Å². The van der Waals surface area contributed by atoms with Crippen molar-refractivity contribution in [1.29, 1.82) is 0 Å². The van der Waals surface area contributed by atoms with Gasteiger partial charge in [-0.05, 0) is 37.6 Å². The van der Waals surface area contributed by atoms with Crippen molar-refractivity contribution in [3.63, 3.8) is 0 Å². The summed E-state index contributed by atoms with van der Waals surface area (Å²) in [5.74, 6) is 0. The van der Waals surface area contributed by atoms with Crippen molar-refractivity contribution in [1.82, 2.24) is 5.32 Å². The molecule has 8 heavy (non-hydrogen) atoms. The van der Waals surface area contributed by atoms with Gasteiger partial charge in [0.25, 0.3) is 0 Å². The Morgan fingerprint density at radius 3 is 2.50 bits per heavy atom. The number of hydrogen-bond donors (Lipinski definition) is 1. The van der Waals surface area contributed by atoms with Crippen LogP contribution in [-0.2, 0) is 0 Å². The summed E-state index contributed by atoms with van der Waals surface area (Å²) in [6.45, 7) is 2.50. The van der Waals surface area contributed by atoms with Gasteiger partial charge in [0, 0.05) is 6.54 Å². The van der Waals surface area contributed by atoms with Crippen LogP contribution >= 0.6 is 0 Å². The molecule has 0 bridgehead atoms. The van der Waals surface area contributed by atoms with Gasteiger partial charge < -0.3 is 5.32 Å². The zero-order chi connectivity index (χ0) is 5.45. The number of rotatable bonds is 0. The molecule has 1 N–H and O–H groups in total. The molecule has 0 aromatic carbocycles. The SMILES string of the molecule is [CH]1CC[C@@]12CCNC2. The van der Waals surface area contributed by atoms with E-state index in [1.54, 1.807) is 0 Å². The first kappa shape index (κ1) is 4.80. The molecule has 2 rings (SSSR count). The molecule has 1 heterocycles. The van der Waals surface area contributed by atoms with Crippen molar-refractivity contribution >= 4 is 0 Å². The van der Waals surface area contributed by atoms with Crippen molar-refractivity contribution in [3.05, 3.63) is 6.42 Å². The Kier molecular flexibility index (Phi) is 0.884. The fourth-order valence-electron chi connectivity index (χ4n) is 1.70. The Labute approximate surface area is 50.5 Å². The molecule has 1 saturated heterocycles. The average molecular weight is 110 g/mol. The summed E-state index contributed by atoms with van der Waals surface area (Å²) in [5, 5.41) is 3.38. The Balaban J connectivity index is 2.01. The van der Waals surface area contributed by atoms with E-state index in [4.69, 9.17) is 0 Å². The number of hydrogen-bond acceptors (Lipinski definition) is 1. The highest BCUT2D eigenvalue weighted by Gasteiger charge is 2.39. The maximum absolute atomic E-state index is 3.38. The third-order valence-corrected chi connectivity index (χ3v) is 2.50. The minimum Gasteiger partial charge on any atom is -0.316 e. The molecule has 0 amide bonds. The van der Waals surface area contributed by atoms with Crippen molar-refractivity contribution in [3.8, 4) is 0 Å². The van der Waals surface area contributed by atoms with Crippen LogP contribution in [-0.4, -0.2) is 13.1 Å². The molecule has 0 aromatic rings. The third-order valence-electron chi connectivity index (χ3n) is 2.50. The topological polar surface area (TPSA) is 12.0 Å². The molecular weight excluding hydrogens is 98.1 g/mol. The summed E-state index contributed by atoms with van der Waals surface area (Å²) in [6.07, 6.45) is 6.68. The maximum Gasteiger partial charge on any atom is 0.00111 e. The largest absolute Gasteiger partial charge is 0.316 e. The molecule has 1 saturated carbocycles. The normalized spacial score (nSPS) is 33.0. The van der Waals surface area contributed by atoms with E-state index in [9.17, 15) is 0 Å². The molecule has 1 nitrogen and oxygen atoms in total. The zero-order valence-electron chi connectivity index (χ0n) is 5.11. The fourth-order valence-corrected chi connectivity index (χ4v) is 1.70. The zero-order valence-corrected chi connectivity index (χ0v) is 5.11. The molecule has 1 aliphatic heterocycles. The first-order valence-corrected chi connectivity index (χ1v) is 3.46. The first-order chi connectivity index (χ1) is 3.91. The monoisotopic (exact) mass is 110 g/mol. The summed E-state index contributed by atoms with van der Waals surface area (Å²) >= 11 is 0. The Morgan fingerprint density at radius 1 is 1.38 bits per heavy atom. The van der Waals surface area contributed by atoms with E-state index < -0.39 is 0 Å². The van der Waals surface area contributed by atoms with Gasteiger partial charge in [0.05, 0.1) is 0 Å². The second-order valence-electron chi connectivity index (χ2n) is 3.03. The van der Waals surface area contributed by atoms with E-state index in [1.807, 2.05) is 0 Å². The number of nitrogens with one attached hydrogen (secondary N) is 1. The van der Waals surface area contributed by atoms with Crippen LogP contribution in [0.2, 0.25) is 0 Å². The van der Waals surface area contributed by atoms with Crippen LogP contribution in [0.1, 0.15) is 19.3 Å². The van der Waals surface area contributed by atoms with E-state index in [0.29, 0.717) is 5.41 Å². The molecule has 45 valence electrons. The highest BCUT2D eigenvalue weighted by molar-refractivity contribution is 5.06. The van der Waals surface area contributed by atoms with Gasteiger partial charge in [-0.25, -0.2) is 0 Å². The van der Waals surface area contributed by atoms with Gasteiger partial charge in [-0.3, -0.25) is 0 Å². The summed E-state index contributed by atoms with van der Waals surface area (Å²) in [5.41, 5.74) is 0.681. The van der Waals surface area contributed by atoms with Crippen LogP contribution in [0.3, 0.4) is 0 Å². The predicted molar refractivity (Wildman–Crippen MR) is 33.5 cm³/mol. The standard InChI is InChI=1S/C7H12N/c1-2-7(3-1)4-5-8-6-7/h2,8H,1,3-6H2/t7-/m1/s1. The highest BCUT2D eigenvalue weighted by Crippen LogP contribution is 2.44. The van der Waals surface area contributed by atoms with Crippen molar-refractivity contribution in [2.24, 2.45) is 5.41 Å². The van der Waals surface area contributed by atoms with Gasteiger partial charge in [0.2, 0.25) is 0 Å². The fraction of sp³-hybridized carbons (Fsp3) is 0.857. The highest BCUT2D eigenvalue weighted by atomic mass is 14.9. The van der Waals surface area contributed by atoms with Gasteiger partial charge in [0.15, 0.2) is 0 Å². The molecule has 1 aliphatic carbocycles. The average Bonchev–Trinajstić information content (AvgIpc) is 2.07. The molecule has 1 heteroatoms. The molecule has 1 atom stereocenters. The van der Waals surface area contributed by atoms with Crippen LogP contribution in [0.25, 0.3) is 0 Å². The maximum atomic E-state index is 3.38. The van der Waals surface area contributed by atoms with E-state index in [1.165, 1.54) is 32.4 Å². The molecule has 1 radical (unpaired) electrons. The Morgan fingerprint density at radius 2 is 2.25 bits per heavy atom. The van der Waals surface area contributed by atoms with E-state index in [0.717, 1.165) is 0 Å². The molecule has 0 aromatic heterocycles. The second kappa shape index (κ2) is 1.47. The predicted octanol–water partition coefficient (Wildman–Crippen LogP) is 0.964. The summed E-state index contributed by atoms with van der Waals surface area (Å²) in [7, 11) is 0. The third kappa shape index (κ3) is 0.510. The van der Waals surface area contributed by atoms with E-state index in [-0.39, 0.29) is 0 Å². The lowest BCUT2D eigenvalue weighted by atomic mass is 9.68. The van der Waals surface area contributed by atoms with E-state index >= 15 is 0 Å². The van der Waals surface area contributed by atoms with Gasteiger partial charge >= 0.3 is 0 Å². The van der Waals surface area contributed by atoms with Gasteiger partial charge in [-0.15, -0.1) is 0 Å².